The number of nitrogens with two attached hydrogens (primary N) is 1. The molecular weight excluding hydrogens is 168 g/mol. The number of nitrogens with one attached hydrogen (secondary N) is 1. The maximum atomic E-state index is 11.2. The molecule has 0 aromatic rings. The third-order valence-electron chi connectivity index (χ3n) is 2.63. The van der Waals surface area contributed by atoms with E-state index in [1.54, 1.807) is 6.92 Å². The van der Waals surface area contributed by atoms with E-state index in [-0.39, 0.29) is 5.91 Å². The van der Waals surface area contributed by atoms with Crippen LogP contribution in [0, 0.1) is 0 Å². The molecule has 0 bridgehead atoms. The van der Waals surface area contributed by atoms with Gasteiger partial charge in [-0.05, 0) is 12.8 Å². The van der Waals surface area contributed by atoms with Crippen molar-refractivity contribution in [2.45, 2.75) is 44.6 Å². The fourth-order valence-electron chi connectivity index (χ4n) is 1.77. The van der Waals surface area contributed by atoms with E-state index >= 15 is 0 Å². The summed E-state index contributed by atoms with van der Waals surface area (Å²) in [6, 6.07) is 0. The Balaban J connectivity index is 2.68. The van der Waals surface area contributed by atoms with Crippen molar-refractivity contribution in [3.63, 3.8) is 0 Å². The van der Waals surface area contributed by atoms with Gasteiger partial charge < -0.3 is 11.1 Å². The number of amides is 2. The van der Waals surface area contributed by atoms with E-state index in [0.717, 1.165) is 12.8 Å². The summed E-state index contributed by atoms with van der Waals surface area (Å²) >= 11 is 0. The zero-order valence-corrected chi connectivity index (χ0v) is 7.93. The van der Waals surface area contributed by atoms with E-state index in [4.69, 9.17) is 5.73 Å². The quantitative estimate of drug-likeness (QED) is 0.662. The predicted molar refractivity (Wildman–Crippen MR) is 48.8 cm³/mol. The third kappa shape index (κ3) is 1.99. The average Bonchev–Trinajstić information content (AvgIpc) is 2.54. The van der Waals surface area contributed by atoms with Gasteiger partial charge in [-0.25, -0.2) is 0 Å². The molecule has 1 rings (SSSR count). The molecular formula is C9H16N2O2. The van der Waals surface area contributed by atoms with Crippen LogP contribution in [0.5, 0.6) is 0 Å². The molecule has 2 amide bonds. The molecule has 0 radical (unpaired) electrons. The summed E-state index contributed by atoms with van der Waals surface area (Å²) in [5.74, 6) is -0.493. The maximum absolute atomic E-state index is 11.2. The third-order valence-corrected chi connectivity index (χ3v) is 2.63. The van der Waals surface area contributed by atoms with Gasteiger partial charge in [0.15, 0.2) is 0 Å². The highest BCUT2D eigenvalue weighted by atomic mass is 16.2. The molecule has 0 spiro atoms. The lowest BCUT2D eigenvalue weighted by atomic mass is 9.96. The van der Waals surface area contributed by atoms with Crippen LogP contribution < -0.4 is 11.1 Å². The molecule has 1 fully saturated rings. The first-order chi connectivity index (χ1) is 6.10. The fraction of sp³-hybridized carbons (Fsp3) is 0.778. The van der Waals surface area contributed by atoms with Crippen LogP contribution in [0.15, 0.2) is 0 Å². The summed E-state index contributed by atoms with van der Waals surface area (Å²) in [6.07, 6.45) is 3.71. The van der Waals surface area contributed by atoms with Crippen LogP contribution in [0.4, 0.5) is 0 Å². The van der Waals surface area contributed by atoms with Crippen molar-refractivity contribution in [2.24, 2.45) is 5.73 Å². The van der Waals surface area contributed by atoms with E-state index in [1.165, 1.54) is 0 Å². The van der Waals surface area contributed by atoms with Gasteiger partial charge in [-0.3, -0.25) is 9.59 Å². The molecule has 74 valence electrons. The Morgan fingerprint density at radius 2 is 1.92 bits per heavy atom. The van der Waals surface area contributed by atoms with Crippen LogP contribution in [0.25, 0.3) is 0 Å². The lowest BCUT2D eigenvalue weighted by molar-refractivity contribution is -0.131. The van der Waals surface area contributed by atoms with E-state index < -0.39 is 11.4 Å². The molecule has 1 saturated carbocycles. The van der Waals surface area contributed by atoms with Gasteiger partial charge in [-0.2, -0.15) is 0 Å². The van der Waals surface area contributed by atoms with Gasteiger partial charge in [-0.1, -0.05) is 19.8 Å². The van der Waals surface area contributed by atoms with Crippen molar-refractivity contribution in [2.75, 3.05) is 0 Å². The fourth-order valence-corrected chi connectivity index (χ4v) is 1.77. The van der Waals surface area contributed by atoms with Crippen LogP contribution in [0.2, 0.25) is 0 Å². The molecule has 13 heavy (non-hydrogen) atoms. The molecule has 0 unspecified atom stereocenters. The topological polar surface area (TPSA) is 72.2 Å². The summed E-state index contributed by atoms with van der Waals surface area (Å²) in [6.45, 7) is 1.76. The van der Waals surface area contributed by atoms with Gasteiger partial charge in [-0.15, -0.1) is 0 Å². The Morgan fingerprint density at radius 3 is 2.31 bits per heavy atom. The molecule has 0 atom stereocenters. The SMILES string of the molecule is CCC(=O)NC1(C(N)=O)CCCC1. The largest absolute Gasteiger partial charge is 0.368 e. The Bertz CT molecular complexity index is 220. The molecule has 0 saturated heterocycles. The zero-order chi connectivity index (χ0) is 9.90. The van der Waals surface area contributed by atoms with Crippen LogP contribution in [0.3, 0.4) is 0 Å². The highest BCUT2D eigenvalue weighted by Gasteiger charge is 2.40. The lowest BCUT2D eigenvalue weighted by Gasteiger charge is -2.26. The Morgan fingerprint density at radius 1 is 1.38 bits per heavy atom. The Hall–Kier alpha value is -1.06. The van der Waals surface area contributed by atoms with Gasteiger partial charge in [0.05, 0.1) is 0 Å². The Labute approximate surface area is 77.9 Å². The van der Waals surface area contributed by atoms with E-state index in [0.29, 0.717) is 19.3 Å². The maximum Gasteiger partial charge on any atom is 0.243 e. The standard InChI is InChI=1S/C9H16N2O2/c1-2-7(12)11-9(8(10)13)5-3-4-6-9/h2-6H2,1H3,(H2,10,13)(H,11,12). The minimum absolute atomic E-state index is 0.0966. The second-order valence-electron chi connectivity index (χ2n) is 3.56. The van der Waals surface area contributed by atoms with Gasteiger partial charge >= 0.3 is 0 Å². The molecule has 0 aromatic heterocycles. The predicted octanol–water partition coefficient (Wildman–Crippen LogP) is 0.311. The number of hydrogen-bond acceptors (Lipinski definition) is 2. The minimum Gasteiger partial charge on any atom is -0.368 e. The number of carbonyl (C=O) groups is 2. The smallest absolute Gasteiger partial charge is 0.243 e. The van der Waals surface area contributed by atoms with Gasteiger partial charge in [0.25, 0.3) is 0 Å². The molecule has 4 nitrogen and oxygen atoms in total. The Kier molecular flexibility index (Phi) is 2.90. The summed E-state index contributed by atoms with van der Waals surface area (Å²) in [7, 11) is 0. The van der Waals surface area contributed by atoms with Crippen molar-refractivity contribution < 1.29 is 9.59 Å². The normalized spacial score (nSPS) is 19.8. The van der Waals surface area contributed by atoms with E-state index in [1.807, 2.05) is 0 Å². The van der Waals surface area contributed by atoms with Crippen molar-refractivity contribution >= 4 is 11.8 Å². The summed E-state index contributed by atoms with van der Waals surface area (Å²) in [5.41, 5.74) is 4.54. The number of primary amides is 1. The highest BCUT2D eigenvalue weighted by molar-refractivity contribution is 5.90. The van der Waals surface area contributed by atoms with E-state index in [9.17, 15) is 9.59 Å². The summed E-state index contributed by atoms with van der Waals surface area (Å²) in [4.78, 5) is 22.3. The molecule has 0 aromatic carbocycles. The molecule has 3 N–H and O–H groups in total. The van der Waals surface area contributed by atoms with Gasteiger partial charge in [0, 0.05) is 6.42 Å². The minimum atomic E-state index is -0.743. The number of carbonyl (C=O) groups excluding carboxylic acids is 2. The first kappa shape index (κ1) is 10.0. The highest BCUT2D eigenvalue weighted by Crippen LogP contribution is 2.29. The van der Waals surface area contributed by atoms with Crippen molar-refractivity contribution in [1.29, 1.82) is 0 Å². The van der Waals surface area contributed by atoms with Gasteiger partial charge in [0.1, 0.15) is 5.54 Å². The second-order valence-corrected chi connectivity index (χ2v) is 3.56. The number of rotatable bonds is 3. The monoisotopic (exact) mass is 184 g/mol. The molecule has 1 aliphatic carbocycles. The lowest BCUT2D eigenvalue weighted by Crippen LogP contribution is -2.55. The van der Waals surface area contributed by atoms with Crippen LogP contribution in [-0.4, -0.2) is 17.4 Å². The first-order valence-electron chi connectivity index (χ1n) is 4.71. The van der Waals surface area contributed by atoms with Crippen molar-refractivity contribution in [3.8, 4) is 0 Å². The van der Waals surface area contributed by atoms with Crippen LogP contribution in [0.1, 0.15) is 39.0 Å². The van der Waals surface area contributed by atoms with Crippen LogP contribution in [-0.2, 0) is 9.59 Å². The van der Waals surface area contributed by atoms with Crippen LogP contribution >= 0.6 is 0 Å². The van der Waals surface area contributed by atoms with Gasteiger partial charge in [0.2, 0.25) is 11.8 Å². The van der Waals surface area contributed by atoms with Crippen molar-refractivity contribution in [1.82, 2.24) is 5.32 Å². The zero-order valence-electron chi connectivity index (χ0n) is 7.93. The first-order valence-corrected chi connectivity index (χ1v) is 4.71. The average molecular weight is 184 g/mol. The number of hydrogen-bond donors (Lipinski definition) is 2. The van der Waals surface area contributed by atoms with Crippen molar-refractivity contribution in [3.05, 3.63) is 0 Å². The molecule has 1 aliphatic rings. The second kappa shape index (κ2) is 3.77. The molecule has 4 heteroatoms. The molecule has 0 heterocycles. The summed E-state index contributed by atoms with van der Waals surface area (Å²) in [5, 5.41) is 2.73. The molecule has 0 aliphatic heterocycles. The van der Waals surface area contributed by atoms with E-state index in [2.05, 4.69) is 5.32 Å². The summed E-state index contributed by atoms with van der Waals surface area (Å²) < 4.78 is 0.